The van der Waals surface area contributed by atoms with Crippen molar-refractivity contribution in [1.29, 1.82) is 0 Å². The van der Waals surface area contributed by atoms with Gasteiger partial charge in [-0.15, -0.1) is 0 Å². The van der Waals surface area contributed by atoms with Crippen molar-refractivity contribution in [3.8, 4) is 0 Å². The minimum Gasteiger partial charge on any atom is -0.338 e. The molecule has 1 fully saturated rings. The molecule has 0 unspecified atom stereocenters. The number of aryl methyl sites for hydroxylation is 1. The predicted molar refractivity (Wildman–Crippen MR) is 66.5 cm³/mol. The Morgan fingerprint density at radius 2 is 2.17 bits per heavy atom. The zero-order valence-electron chi connectivity index (χ0n) is 10.6. The summed E-state index contributed by atoms with van der Waals surface area (Å²) >= 11 is 0. The summed E-state index contributed by atoms with van der Waals surface area (Å²) in [6, 6.07) is 0.335. The molecule has 1 amide bonds. The molecule has 1 heterocycles. The second kappa shape index (κ2) is 4.80. The van der Waals surface area contributed by atoms with Crippen LogP contribution in [0, 0.1) is 6.92 Å². The van der Waals surface area contributed by atoms with Crippen LogP contribution in [-0.2, 0) is 11.3 Å². The van der Waals surface area contributed by atoms with Crippen LogP contribution in [0.1, 0.15) is 25.3 Å². The van der Waals surface area contributed by atoms with Crippen molar-refractivity contribution >= 4 is 5.91 Å². The normalized spacial score (nSPS) is 14.6. The van der Waals surface area contributed by atoms with Crippen molar-refractivity contribution in [1.82, 2.24) is 14.5 Å². The van der Waals surface area contributed by atoms with Crippen molar-refractivity contribution in [2.45, 2.75) is 39.3 Å². The van der Waals surface area contributed by atoms with Gasteiger partial charge in [0.1, 0.15) is 6.54 Å². The van der Waals surface area contributed by atoms with Gasteiger partial charge in [0, 0.05) is 24.3 Å². The van der Waals surface area contributed by atoms with Crippen molar-refractivity contribution in [2.75, 3.05) is 6.54 Å². The van der Waals surface area contributed by atoms with E-state index in [2.05, 4.69) is 4.98 Å². The molecule has 0 bridgehead atoms. The van der Waals surface area contributed by atoms with Crippen molar-refractivity contribution in [2.24, 2.45) is 0 Å². The fourth-order valence-corrected chi connectivity index (χ4v) is 2.00. The lowest BCUT2D eigenvalue weighted by atomic mass is 10.3. The third kappa shape index (κ3) is 2.52. The van der Waals surface area contributed by atoms with Crippen molar-refractivity contribution in [3.63, 3.8) is 0 Å². The Kier molecular flexibility index (Phi) is 3.36. The Morgan fingerprint density at radius 1 is 1.50 bits per heavy atom. The van der Waals surface area contributed by atoms with Crippen molar-refractivity contribution < 1.29 is 4.79 Å². The Hall–Kier alpha value is -1.85. The van der Waals surface area contributed by atoms with Crippen molar-refractivity contribution in [3.05, 3.63) is 32.6 Å². The number of carbonyl (C=O) groups excluding carboxylic acids is 1. The van der Waals surface area contributed by atoms with Crippen LogP contribution in [0.2, 0.25) is 0 Å². The van der Waals surface area contributed by atoms with Gasteiger partial charge in [-0.05, 0) is 26.7 Å². The van der Waals surface area contributed by atoms with E-state index in [-0.39, 0.29) is 12.5 Å². The number of amides is 1. The molecular weight excluding hydrogens is 234 g/mol. The molecule has 6 heteroatoms. The lowest BCUT2D eigenvalue weighted by Crippen LogP contribution is -2.39. The van der Waals surface area contributed by atoms with E-state index in [4.69, 9.17) is 0 Å². The van der Waals surface area contributed by atoms with Gasteiger partial charge in [-0.2, -0.15) is 0 Å². The van der Waals surface area contributed by atoms with Gasteiger partial charge in [-0.3, -0.25) is 19.1 Å². The maximum atomic E-state index is 12.0. The van der Waals surface area contributed by atoms with E-state index in [1.807, 2.05) is 6.92 Å². The van der Waals surface area contributed by atoms with Crippen LogP contribution in [0.25, 0.3) is 0 Å². The number of likely N-dealkylation sites (N-methyl/N-ethyl adjacent to an activating group) is 1. The highest BCUT2D eigenvalue weighted by molar-refractivity contribution is 5.76. The smallest absolute Gasteiger partial charge is 0.328 e. The number of hydrogen-bond acceptors (Lipinski definition) is 3. The van der Waals surface area contributed by atoms with Gasteiger partial charge in [-0.25, -0.2) is 4.79 Å². The predicted octanol–water partition coefficient (Wildman–Crippen LogP) is -0.144. The topological polar surface area (TPSA) is 75.2 Å². The largest absolute Gasteiger partial charge is 0.338 e. The first-order chi connectivity index (χ1) is 8.52. The number of H-pyrrole nitrogens is 1. The maximum Gasteiger partial charge on any atom is 0.328 e. The molecule has 1 aliphatic carbocycles. The molecular formula is C12H17N3O3. The average molecular weight is 251 g/mol. The number of aromatic nitrogens is 2. The summed E-state index contributed by atoms with van der Waals surface area (Å²) < 4.78 is 1.25. The number of carbonyl (C=O) groups is 1. The van der Waals surface area contributed by atoms with Gasteiger partial charge in [0.05, 0.1) is 0 Å². The van der Waals surface area contributed by atoms with Gasteiger partial charge in [-0.1, -0.05) is 0 Å². The Balaban J connectivity index is 2.18. The highest BCUT2D eigenvalue weighted by Gasteiger charge is 2.31. The SMILES string of the molecule is CCN(C(=O)Cn1cc(C)c(=O)[nH]c1=O)C1CC1. The minimum atomic E-state index is -0.536. The van der Waals surface area contributed by atoms with E-state index in [9.17, 15) is 14.4 Å². The fraction of sp³-hybridized carbons (Fsp3) is 0.583. The van der Waals surface area contributed by atoms with Crippen LogP contribution < -0.4 is 11.2 Å². The molecule has 1 aromatic rings. The number of hydrogen-bond donors (Lipinski definition) is 1. The van der Waals surface area contributed by atoms with Crippen LogP contribution in [0.5, 0.6) is 0 Å². The Labute approximate surface area is 104 Å². The molecule has 1 N–H and O–H groups in total. The van der Waals surface area contributed by atoms with E-state index in [1.165, 1.54) is 10.8 Å². The second-order valence-corrected chi connectivity index (χ2v) is 4.61. The van der Waals surface area contributed by atoms with Crippen LogP contribution in [-0.4, -0.2) is 32.9 Å². The first kappa shape index (κ1) is 12.6. The summed E-state index contributed by atoms with van der Waals surface area (Å²) in [5, 5.41) is 0. The fourth-order valence-electron chi connectivity index (χ4n) is 2.00. The van der Waals surface area contributed by atoms with Crippen LogP contribution in [0.4, 0.5) is 0 Å². The zero-order chi connectivity index (χ0) is 13.3. The summed E-state index contributed by atoms with van der Waals surface area (Å²) in [6.07, 6.45) is 3.51. The van der Waals surface area contributed by atoms with Crippen LogP contribution >= 0.6 is 0 Å². The zero-order valence-corrected chi connectivity index (χ0v) is 10.6. The molecule has 1 aromatic heterocycles. The molecule has 0 radical (unpaired) electrons. The Bertz CT molecular complexity index is 569. The summed E-state index contributed by atoms with van der Waals surface area (Å²) in [5.74, 6) is -0.0754. The maximum absolute atomic E-state index is 12.0. The third-order valence-corrected chi connectivity index (χ3v) is 3.14. The van der Waals surface area contributed by atoms with E-state index in [1.54, 1.807) is 11.8 Å². The van der Waals surface area contributed by atoms with Gasteiger partial charge in [0.15, 0.2) is 0 Å². The number of nitrogens with zero attached hydrogens (tertiary/aromatic N) is 2. The molecule has 0 aliphatic heterocycles. The first-order valence-corrected chi connectivity index (χ1v) is 6.12. The number of rotatable bonds is 4. The van der Waals surface area contributed by atoms with Crippen LogP contribution in [0.3, 0.4) is 0 Å². The summed E-state index contributed by atoms with van der Waals surface area (Å²) in [7, 11) is 0. The second-order valence-electron chi connectivity index (χ2n) is 4.61. The molecule has 1 saturated carbocycles. The van der Waals surface area contributed by atoms with Gasteiger partial charge in [0.25, 0.3) is 5.56 Å². The van der Waals surface area contributed by atoms with Gasteiger partial charge < -0.3 is 4.90 Å². The number of aromatic amines is 1. The summed E-state index contributed by atoms with van der Waals surface area (Å²) in [6.45, 7) is 4.18. The molecule has 6 nitrogen and oxygen atoms in total. The van der Waals surface area contributed by atoms with E-state index < -0.39 is 11.2 Å². The Morgan fingerprint density at radius 3 is 2.72 bits per heavy atom. The van der Waals surface area contributed by atoms with E-state index in [0.29, 0.717) is 18.2 Å². The highest BCUT2D eigenvalue weighted by Crippen LogP contribution is 2.26. The molecule has 0 saturated heterocycles. The number of nitrogens with one attached hydrogen (secondary N) is 1. The molecule has 0 spiro atoms. The molecule has 0 aromatic carbocycles. The molecule has 2 rings (SSSR count). The lowest BCUT2D eigenvalue weighted by molar-refractivity contribution is -0.132. The quantitative estimate of drug-likeness (QED) is 0.809. The lowest BCUT2D eigenvalue weighted by Gasteiger charge is -2.20. The standard InChI is InChI=1S/C12H17N3O3/c1-3-15(9-4-5-9)10(16)7-14-6-8(2)11(17)13-12(14)18/h6,9H,3-5,7H2,1-2H3,(H,13,17,18). The van der Waals surface area contributed by atoms with Gasteiger partial charge >= 0.3 is 5.69 Å². The van der Waals surface area contributed by atoms with E-state index in [0.717, 1.165) is 12.8 Å². The van der Waals surface area contributed by atoms with Gasteiger partial charge in [0.2, 0.25) is 5.91 Å². The average Bonchev–Trinajstić information content (AvgIpc) is 3.11. The monoisotopic (exact) mass is 251 g/mol. The molecule has 18 heavy (non-hydrogen) atoms. The van der Waals surface area contributed by atoms with E-state index >= 15 is 0 Å². The van der Waals surface area contributed by atoms with Crippen LogP contribution in [0.15, 0.2) is 15.8 Å². The molecule has 0 atom stereocenters. The third-order valence-electron chi connectivity index (χ3n) is 3.14. The molecule has 98 valence electrons. The summed E-state index contributed by atoms with van der Waals surface area (Å²) in [5.41, 5.74) is -0.513. The molecule has 1 aliphatic rings. The first-order valence-electron chi connectivity index (χ1n) is 6.12. The highest BCUT2D eigenvalue weighted by atomic mass is 16.2. The summed E-state index contributed by atoms with van der Waals surface area (Å²) in [4.78, 5) is 38.8. The minimum absolute atomic E-state index is 0.0131.